The summed E-state index contributed by atoms with van der Waals surface area (Å²) in [4.78, 5) is 28.0. The summed E-state index contributed by atoms with van der Waals surface area (Å²) < 4.78 is 18.8. The molecular formula is C11H14FN3O3. The first-order chi connectivity index (χ1) is 8.50. The van der Waals surface area contributed by atoms with Gasteiger partial charge in [0.1, 0.15) is 12.3 Å². The number of carbonyl (C=O) groups is 2. The van der Waals surface area contributed by atoms with Crippen molar-refractivity contribution in [3.8, 4) is 0 Å². The van der Waals surface area contributed by atoms with E-state index in [1.165, 1.54) is 6.26 Å². The van der Waals surface area contributed by atoms with Gasteiger partial charge in [0.15, 0.2) is 0 Å². The molecule has 0 bridgehead atoms. The first kappa shape index (κ1) is 12.5. The average Bonchev–Trinajstić information content (AvgIpc) is 2.95. The summed E-state index contributed by atoms with van der Waals surface area (Å²) in [5.41, 5.74) is 5.67. The molecule has 7 heteroatoms. The second kappa shape index (κ2) is 4.75. The molecule has 2 amide bonds. The number of alkyl halides is 1. The van der Waals surface area contributed by atoms with Gasteiger partial charge in [0, 0.05) is 6.54 Å². The van der Waals surface area contributed by atoms with E-state index in [-0.39, 0.29) is 5.89 Å². The quantitative estimate of drug-likeness (QED) is 0.850. The zero-order valence-corrected chi connectivity index (χ0v) is 9.93. The lowest BCUT2D eigenvalue weighted by Crippen LogP contribution is -2.45. The number of amides is 2. The molecule has 0 spiro atoms. The van der Waals surface area contributed by atoms with Gasteiger partial charge in [0.2, 0.25) is 11.8 Å². The largest absolute Gasteiger partial charge is 0.445 e. The molecule has 0 aliphatic carbocycles. The van der Waals surface area contributed by atoms with Gasteiger partial charge in [-0.25, -0.2) is 9.37 Å². The number of oxazole rings is 1. The maximum absolute atomic E-state index is 13.9. The lowest BCUT2D eigenvalue weighted by molar-refractivity contribution is -0.142. The van der Waals surface area contributed by atoms with Gasteiger partial charge in [-0.1, -0.05) is 0 Å². The van der Waals surface area contributed by atoms with Crippen LogP contribution in [0.4, 0.5) is 4.39 Å². The summed E-state index contributed by atoms with van der Waals surface area (Å²) in [5, 5.41) is 0. The number of nitrogens with two attached hydrogens (primary N) is 1. The monoisotopic (exact) mass is 255 g/mol. The van der Waals surface area contributed by atoms with E-state index in [9.17, 15) is 14.0 Å². The minimum absolute atomic E-state index is 0.285. The van der Waals surface area contributed by atoms with Crippen molar-refractivity contribution in [3.63, 3.8) is 0 Å². The third-order valence-corrected chi connectivity index (χ3v) is 2.93. The van der Waals surface area contributed by atoms with Crippen molar-refractivity contribution in [2.45, 2.75) is 32.0 Å². The molecule has 0 aromatic carbocycles. The molecule has 0 radical (unpaired) electrons. The molecule has 2 unspecified atom stereocenters. The number of hydrogen-bond acceptors (Lipinski definition) is 4. The molecule has 1 aliphatic rings. The number of carbonyl (C=O) groups excluding carboxylic acids is 2. The molecule has 98 valence electrons. The zero-order chi connectivity index (χ0) is 13.3. The van der Waals surface area contributed by atoms with Crippen molar-refractivity contribution in [3.05, 3.63) is 17.8 Å². The number of halogens is 1. The molecule has 1 aromatic rings. The van der Waals surface area contributed by atoms with Gasteiger partial charge in [0.25, 0.3) is 12.1 Å². The van der Waals surface area contributed by atoms with Gasteiger partial charge in [-0.05, 0) is 19.8 Å². The number of hydrogen-bond donors (Lipinski definition) is 1. The van der Waals surface area contributed by atoms with Crippen LogP contribution in [0.15, 0.2) is 10.7 Å². The third-order valence-electron chi connectivity index (χ3n) is 2.93. The Morgan fingerprint density at radius 2 is 2.39 bits per heavy atom. The van der Waals surface area contributed by atoms with Gasteiger partial charge in [-0.2, -0.15) is 0 Å². The van der Waals surface area contributed by atoms with E-state index >= 15 is 0 Å². The molecule has 1 aliphatic heterocycles. The topological polar surface area (TPSA) is 89.4 Å². The first-order valence-electron chi connectivity index (χ1n) is 5.66. The Kier molecular flexibility index (Phi) is 3.31. The van der Waals surface area contributed by atoms with Gasteiger partial charge in [-0.3, -0.25) is 9.59 Å². The molecule has 18 heavy (non-hydrogen) atoms. The van der Waals surface area contributed by atoms with Gasteiger partial charge < -0.3 is 15.1 Å². The van der Waals surface area contributed by atoms with Gasteiger partial charge >= 0.3 is 0 Å². The van der Waals surface area contributed by atoms with E-state index in [0.717, 1.165) is 4.90 Å². The van der Waals surface area contributed by atoms with E-state index in [2.05, 4.69) is 4.98 Å². The highest BCUT2D eigenvalue weighted by atomic mass is 19.1. The number of aromatic nitrogens is 1. The second-order valence-corrected chi connectivity index (χ2v) is 4.28. The molecule has 0 saturated carbocycles. The molecule has 1 aromatic heterocycles. The molecule has 6 nitrogen and oxygen atoms in total. The highest BCUT2D eigenvalue weighted by Gasteiger charge is 2.38. The fraction of sp³-hybridized carbons (Fsp3) is 0.545. The Morgan fingerprint density at radius 3 is 2.94 bits per heavy atom. The number of likely N-dealkylation sites (tertiary alicyclic amines) is 1. The Labute approximate surface area is 103 Å². The smallest absolute Gasteiger partial charge is 0.267 e. The van der Waals surface area contributed by atoms with E-state index in [0.29, 0.717) is 25.1 Å². The summed E-state index contributed by atoms with van der Waals surface area (Å²) in [6, 6.07) is -0.730. The zero-order valence-electron chi connectivity index (χ0n) is 9.93. The summed E-state index contributed by atoms with van der Waals surface area (Å²) in [6.45, 7) is 1.96. The van der Waals surface area contributed by atoms with Crippen LogP contribution in [-0.4, -0.2) is 34.3 Å². The number of aryl methyl sites for hydroxylation is 1. The lowest BCUT2D eigenvalue weighted by Gasteiger charge is -2.22. The van der Waals surface area contributed by atoms with E-state index in [4.69, 9.17) is 10.2 Å². The Hall–Kier alpha value is -1.92. The minimum atomic E-state index is -1.99. The van der Waals surface area contributed by atoms with Crippen molar-refractivity contribution in [1.29, 1.82) is 0 Å². The van der Waals surface area contributed by atoms with Crippen LogP contribution in [0.3, 0.4) is 0 Å². The Bertz CT molecular complexity index is 474. The standard InChI is InChI=1S/C11H14FN3O3/c1-6-5-18-10(14-6)8(12)11(17)15-4-2-3-7(15)9(13)16/h5,7-8H,2-4H2,1H3,(H2,13,16). The van der Waals surface area contributed by atoms with Crippen molar-refractivity contribution >= 4 is 11.8 Å². The Morgan fingerprint density at radius 1 is 1.67 bits per heavy atom. The molecule has 2 N–H and O–H groups in total. The van der Waals surface area contributed by atoms with E-state index in [1.807, 2.05) is 0 Å². The normalized spacial score (nSPS) is 21.0. The summed E-state index contributed by atoms with van der Waals surface area (Å²) >= 11 is 0. The fourth-order valence-electron chi connectivity index (χ4n) is 2.07. The average molecular weight is 255 g/mol. The van der Waals surface area contributed by atoms with Crippen LogP contribution < -0.4 is 5.73 Å². The van der Waals surface area contributed by atoms with Crippen LogP contribution in [0.2, 0.25) is 0 Å². The van der Waals surface area contributed by atoms with E-state index < -0.39 is 24.0 Å². The molecule has 2 rings (SSSR count). The lowest BCUT2D eigenvalue weighted by atomic mass is 10.2. The minimum Gasteiger partial charge on any atom is -0.445 e. The van der Waals surface area contributed by atoms with Gasteiger partial charge in [0.05, 0.1) is 5.69 Å². The molecular weight excluding hydrogens is 241 g/mol. The van der Waals surface area contributed by atoms with Crippen molar-refractivity contribution in [1.82, 2.24) is 9.88 Å². The van der Waals surface area contributed by atoms with E-state index in [1.54, 1.807) is 6.92 Å². The highest BCUT2D eigenvalue weighted by molar-refractivity contribution is 5.89. The first-order valence-corrected chi connectivity index (χ1v) is 5.66. The SMILES string of the molecule is Cc1coc(C(F)C(=O)N2CCCC2C(N)=O)n1. The second-order valence-electron chi connectivity index (χ2n) is 4.28. The van der Waals surface area contributed by atoms with Crippen LogP contribution in [0.25, 0.3) is 0 Å². The summed E-state index contributed by atoms with van der Waals surface area (Å²) in [5.74, 6) is -1.72. The molecule has 1 fully saturated rings. The van der Waals surface area contributed by atoms with Gasteiger partial charge in [-0.15, -0.1) is 0 Å². The molecule has 2 atom stereocenters. The van der Waals surface area contributed by atoms with Crippen molar-refractivity contribution in [2.24, 2.45) is 5.73 Å². The number of rotatable bonds is 3. The van der Waals surface area contributed by atoms with Crippen LogP contribution in [-0.2, 0) is 9.59 Å². The maximum Gasteiger partial charge on any atom is 0.267 e. The third kappa shape index (κ3) is 2.20. The predicted octanol–water partition coefficient (Wildman–Crippen LogP) is 0.470. The Balaban J connectivity index is 2.13. The molecule has 1 saturated heterocycles. The van der Waals surface area contributed by atoms with Crippen LogP contribution in [0.5, 0.6) is 0 Å². The highest BCUT2D eigenvalue weighted by Crippen LogP contribution is 2.25. The number of primary amides is 1. The van der Waals surface area contributed by atoms with Crippen LogP contribution in [0, 0.1) is 6.92 Å². The summed E-state index contributed by atoms with van der Waals surface area (Å²) in [7, 11) is 0. The van der Waals surface area contributed by atoms with Crippen molar-refractivity contribution in [2.75, 3.05) is 6.54 Å². The maximum atomic E-state index is 13.9. The number of nitrogens with zero attached hydrogens (tertiary/aromatic N) is 2. The predicted molar refractivity (Wildman–Crippen MR) is 59.0 cm³/mol. The van der Waals surface area contributed by atoms with Crippen molar-refractivity contribution < 1.29 is 18.4 Å². The fourth-order valence-corrected chi connectivity index (χ4v) is 2.07. The van der Waals surface area contributed by atoms with Crippen LogP contribution in [0.1, 0.15) is 30.6 Å². The van der Waals surface area contributed by atoms with Crippen LogP contribution >= 0.6 is 0 Å². The summed E-state index contributed by atoms with van der Waals surface area (Å²) in [6.07, 6.45) is 0.387. The molecule has 2 heterocycles.